The Morgan fingerprint density at radius 1 is 0.573 bits per heavy atom. The summed E-state index contributed by atoms with van der Waals surface area (Å²) in [6.07, 6.45) is -8.76. The molecule has 0 saturated carbocycles. The molecule has 26 N–H and O–H groups in total. The van der Waals surface area contributed by atoms with Crippen molar-refractivity contribution in [2.24, 2.45) is 71.6 Å². The molecule has 6 unspecified atom stereocenters. The van der Waals surface area contributed by atoms with Crippen LogP contribution in [0.4, 0.5) is 22.7 Å². The lowest BCUT2D eigenvalue weighted by molar-refractivity contribution is -0.393. The van der Waals surface area contributed by atoms with Gasteiger partial charge in [0.1, 0.15) is 17.8 Å². The van der Waals surface area contributed by atoms with Crippen molar-refractivity contribution in [3.05, 3.63) is 108 Å². The maximum Gasteiger partial charge on any atom is 0.338 e. The molecule has 0 spiro atoms. The molecule has 0 radical (unpaired) electrons. The van der Waals surface area contributed by atoms with E-state index in [1.165, 1.54) is 30.3 Å². The number of nitrogens with zero attached hydrogens (tertiary/aromatic N) is 8. The number of aliphatic imine (C=N–C) groups is 4. The summed E-state index contributed by atoms with van der Waals surface area (Å²) in [6.45, 7) is -2.40. The number of aliphatic hydroxyl groups excluding tert-OH is 1. The first kappa shape index (κ1) is 58.1. The second-order valence-corrected chi connectivity index (χ2v) is 14.7. The molecular formula is C37H46N22O16. The lowest BCUT2D eigenvalue weighted by atomic mass is 10.0. The number of aromatic carboxylic acids is 1. The number of phenolic OH excluding ortho intramolecular Hbond substituents is 1. The van der Waals surface area contributed by atoms with Crippen LogP contribution in [0.1, 0.15) is 27.5 Å². The van der Waals surface area contributed by atoms with E-state index in [9.17, 15) is 79.2 Å². The number of nitro groups is 3. The second kappa shape index (κ2) is 25.6. The number of carbonyl (C=O) groups excluding carboxylic acids is 6. The molecule has 38 heteroatoms. The third-order valence-corrected chi connectivity index (χ3v) is 9.37. The third-order valence-electron chi connectivity index (χ3n) is 9.37. The molecule has 6 amide bonds. The van der Waals surface area contributed by atoms with Gasteiger partial charge < -0.3 is 98.4 Å². The van der Waals surface area contributed by atoms with Crippen LogP contribution in [0.15, 0.2) is 80.6 Å². The number of guanidine groups is 4. The van der Waals surface area contributed by atoms with Crippen molar-refractivity contribution in [1.82, 2.24) is 26.6 Å². The molecule has 0 aromatic heterocycles. The van der Waals surface area contributed by atoms with E-state index in [2.05, 4.69) is 30.6 Å². The number of non-ortho nitro benzene ring substituents is 1. The maximum absolute atomic E-state index is 14.5. The van der Waals surface area contributed by atoms with Gasteiger partial charge in [0.2, 0.25) is 36.5 Å². The van der Waals surface area contributed by atoms with Gasteiger partial charge in [0, 0.05) is 18.7 Å². The Kier molecular flexibility index (Phi) is 19.8. The largest absolute Gasteiger partial charge is 0.502 e. The van der Waals surface area contributed by atoms with Gasteiger partial charge >= 0.3 is 11.7 Å². The lowest BCUT2D eigenvalue weighted by Crippen LogP contribution is -2.58. The fraction of sp³-hybridized carbons (Fsp3) is 0.216. The number of hydrogen-bond donors (Lipinski definition) is 17. The van der Waals surface area contributed by atoms with E-state index in [0.29, 0.717) is 17.0 Å². The predicted octanol–water partition coefficient (Wildman–Crippen LogP) is -7.61. The molecule has 3 aromatic carbocycles. The van der Waals surface area contributed by atoms with Crippen molar-refractivity contribution in [1.29, 1.82) is 0 Å². The Balaban J connectivity index is 2.15. The van der Waals surface area contributed by atoms with Crippen LogP contribution in [0.2, 0.25) is 0 Å². The number of rotatable bonds is 25. The lowest BCUT2D eigenvalue weighted by Gasteiger charge is -2.33. The van der Waals surface area contributed by atoms with Crippen LogP contribution < -0.4 is 83.1 Å². The van der Waals surface area contributed by atoms with E-state index in [-0.39, 0.29) is 11.1 Å². The zero-order valence-electron chi connectivity index (χ0n) is 38.1. The summed E-state index contributed by atoms with van der Waals surface area (Å²) in [5, 5.41) is 77.3. The minimum atomic E-state index is -2.33. The first-order chi connectivity index (χ1) is 35.1. The zero-order chi connectivity index (χ0) is 56.6. The maximum atomic E-state index is 14.5. The summed E-state index contributed by atoms with van der Waals surface area (Å²) in [7, 11) is 0. The van der Waals surface area contributed by atoms with Gasteiger partial charge in [0.25, 0.3) is 35.0 Å². The van der Waals surface area contributed by atoms with Crippen molar-refractivity contribution in [3.8, 4) is 5.75 Å². The van der Waals surface area contributed by atoms with Gasteiger partial charge in [-0.15, -0.1) is 0 Å². The number of carbonyl (C=O) groups is 7. The standard InChI is InChI=1S/C37H46N22O16/c38-23(62)24(52-34(39)40)48-30(65)26(54-36(43)44)50-32(67)27(55-37(45)46)51-31(66)25(53-35(41)42)49-29(64)21(14-4-2-1-3-5-14)47-28(63)19(12-60)56(11-13-6-7-20(61)17(8-13)58(72)73)22-16(33(68)69)9-15(57(70)71)10-18(22)59(74)75/h1-10,19,21,24-27,60-61H,11-12H2,(H2,38,62)(H,47,63)(H,48,65)(H,49,64)(H,50,67)(H,51,66)(H,68,69)(H4,39,40,52)(H4,41,42,53)(H4,43,44,54)(H4,45,46,55). The first-order valence-corrected chi connectivity index (χ1v) is 20.3. The highest BCUT2D eigenvalue weighted by Gasteiger charge is 2.39. The predicted molar refractivity (Wildman–Crippen MR) is 256 cm³/mol. The van der Waals surface area contributed by atoms with E-state index < -0.39 is 164 Å². The molecule has 3 rings (SSSR count). The van der Waals surface area contributed by atoms with E-state index >= 15 is 0 Å². The molecule has 75 heavy (non-hydrogen) atoms. The van der Waals surface area contributed by atoms with Gasteiger partial charge in [0.15, 0.2) is 29.6 Å². The highest BCUT2D eigenvalue weighted by Crippen LogP contribution is 2.39. The molecule has 6 atom stereocenters. The Labute approximate surface area is 417 Å². The summed E-state index contributed by atoms with van der Waals surface area (Å²) < 4.78 is 0. The number of carboxylic acids is 1. The summed E-state index contributed by atoms with van der Waals surface area (Å²) >= 11 is 0. The molecule has 0 saturated heterocycles. The summed E-state index contributed by atoms with van der Waals surface area (Å²) in [4.78, 5) is 141. The van der Waals surface area contributed by atoms with E-state index in [4.69, 9.17) is 51.6 Å². The molecule has 3 aromatic rings. The number of nitrogens with two attached hydrogens (primary N) is 9. The van der Waals surface area contributed by atoms with Crippen LogP contribution in [0, 0.1) is 30.3 Å². The first-order valence-electron chi connectivity index (χ1n) is 20.3. The number of hydrogen-bond acceptors (Lipinski definition) is 20. The summed E-state index contributed by atoms with van der Waals surface area (Å²) in [6, 6.07) is 5.53. The molecule has 400 valence electrons. The van der Waals surface area contributed by atoms with Crippen LogP contribution in [0.25, 0.3) is 0 Å². The number of anilines is 1. The number of nitrogens with one attached hydrogen (secondary N) is 5. The van der Waals surface area contributed by atoms with E-state index in [1.807, 2.05) is 16.0 Å². The number of carboxylic acid groups (broad SMARTS) is 1. The topological polar surface area (TPSA) is 657 Å². The molecule has 0 bridgehead atoms. The second-order valence-electron chi connectivity index (χ2n) is 14.7. The summed E-state index contributed by atoms with van der Waals surface area (Å²) in [5.74, 6) is -15.0. The van der Waals surface area contributed by atoms with Gasteiger partial charge in [0.05, 0.1) is 33.0 Å². The number of aliphatic hydroxyl groups is 1. The number of phenols is 1. The Morgan fingerprint density at radius 2 is 1.03 bits per heavy atom. The third kappa shape index (κ3) is 16.2. The van der Waals surface area contributed by atoms with Crippen LogP contribution in [-0.4, -0.2) is 133 Å². The molecule has 0 fully saturated rings. The Bertz CT molecular complexity index is 2830. The van der Waals surface area contributed by atoms with Crippen molar-refractivity contribution in [2.45, 2.75) is 43.3 Å². The molecule has 0 aliphatic rings. The molecule has 0 heterocycles. The van der Waals surface area contributed by atoms with Gasteiger partial charge in [-0.25, -0.2) is 24.8 Å². The zero-order valence-corrected chi connectivity index (χ0v) is 38.1. The smallest absolute Gasteiger partial charge is 0.338 e. The van der Waals surface area contributed by atoms with Crippen molar-refractivity contribution in [2.75, 3.05) is 11.5 Å². The van der Waals surface area contributed by atoms with Crippen molar-refractivity contribution in [3.63, 3.8) is 0 Å². The SMILES string of the molecule is NC(=O)C(N=C(N)N)NC(=O)C(N=C(N)N)NC(=O)C(N=C(N)N)NC(=O)C(N=C(N)N)NC(=O)C(NC(=O)C(CO)N(Cc1ccc(O)c([N+](=O)[O-])c1)c1c(C(=O)O)cc([N+](=O)[O-])cc1[N+](=O)[O-])c1ccccc1. The van der Waals surface area contributed by atoms with E-state index in [1.54, 1.807) is 0 Å². The van der Waals surface area contributed by atoms with Gasteiger partial charge in [-0.2, -0.15) is 0 Å². The molecule has 38 nitrogen and oxygen atoms in total. The van der Waals surface area contributed by atoms with Gasteiger partial charge in [-0.3, -0.25) is 59.1 Å². The number of benzene rings is 3. The highest BCUT2D eigenvalue weighted by molar-refractivity contribution is 6.02. The quantitative estimate of drug-likeness (QED) is 0.0162. The minimum Gasteiger partial charge on any atom is -0.502 e. The normalized spacial score (nSPS) is 12.9. The van der Waals surface area contributed by atoms with Crippen LogP contribution >= 0.6 is 0 Å². The molecule has 0 aliphatic heterocycles. The van der Waals surface area contributed by atoms with Gasteiger partial charge in [-0.1, -0.05) is 36.4 Å². The molecule has 0 aliphatic carbocycles. The number of primary amides is 1. The van der Waals surface area contributed by atoms with Crippen molar-refractivity contribution < 1.29 is 63.7 Å². The monoisotopic (exact) mass is 1050 g/mol. The Hall–Kier alpha value is -11.2. The van der Waals surface area contributed by atoms with Crippen LogP contribution in [-0.2, 0) is 35.3 Å². The van der Waals surface area contributed by atoms with Crippen molar-refractivity contribution >= 4 is 88.0 Å². The highest BCUT2D eigenvalue weighted by atomic mass is 16.6. The van der Waals surface area contributed by atoms with Gasteiger partial charge in [-0.05, 0) is 17.2 Å². The average Bonchev–Trinajstić information content (AvgIpc) is 3.31. The van der Waals surface area contributed by atoms with E-state index in [0.717, 1.165) is 18.2 Å². The number of aromatic hydroxyl groups is 1. The minimum absolute atomic E-state index is 0.141. The molecular weight excluding hydrogens is 1010 g/mol. The summed E-state index contributed by atoms with van der Waals surface area (Å²) in [5.41, 5.74) is 42.5. The average molecular weight is 1050 g/mol. The Morgan fingerprint density at radius 3 is 1.44 bits per heavy atom. The van der Waals surface area contributed by atoms with Crippen LogP contribution in [0.5, 0.6) is 5.75 Å². The fourth-order valence-corrected chi connectivity index (χ4v) is 6.27. The van der Waals surface area contributed by atoms with Crippen LogP contribution in [0.3, 0.4) is 0 Å². The number of nitro benzene ring substituents is 3. The number of amides is 6. The fourth-order valence-electron chi connectivity index (χ4n) is 6.27.